The molecule has 0 saturated carbocycles. The van der Waals surface area contributed by atoms with Gasteiger partial charge in [0.05, 0.1) is 0 Å². The standard InChI is InChI=1S/C38H25O3P/c39-42(27-13-3-1-4-14-27,28-15-5-2-6-16-28)38-31-19-9-7-17-29(31)37(30-18-8-10-20-32(30)38)26-23-24-35-36(25-26)41-34-22-12-11-21-33(34)40-35/h1-25H. The molecule has 0 amide bonds. The van der Waals surface area contributed by atoms with E-state index in [1.54, 1.807) is 0 Å². The van der Waals surface area contributed by atoms with E-state index in [-0.39, 0.29) is 0 Å². The second-order valence-electron chi connectivity index (χ2n) is 10.4. The molecule has 0 N–H and O–H groups in total. The van der Waals surface area contributed by atoms with E-state index in [1.807, 2.05) is 109 Å². The van der Waals surface area contributed by atoms with Crippen molar-refractivity contribution in [3.05, 3.63) is 152 Å². The van der Waals surface area contributed by atoms with Crippen molar-refractivity contribution in [3.8, 4) is 34.1 Å². The van der Waals surface area contributed by atoms with Gasteiger partial charge in [0.2, 0.25) is 0 Å². The maximum absolute atomic E-state index is 15.8. The summed E-state index contributed by atoms with van der Waals surface area (Å²) in [7, 11) is -3.28. The Hall–Kier alpha value is -5.11. The van der Waals surface area contributed by atoms with E-state index >= 15 is 4.57 Å². The van der Waals surface area contributed by atoms with Gasteiger partial charge >= 0.3 is 0 Å². The lowest BCUT2D eigenvalue weighted by Crippen LogP contribution is -2.26. The Morgan fingerprint density at radius 1 is 0.405 bits per heavy atom. The first-order valence-electron chi connectivity index (χ1n) is 14.0. The zero-order valence-corrected chi connectivity index (χ0v) is 23.5. The normalized spacial score (nSPS) is 12.3. The summed E-state index contributed by atoms with van der Waals surface area (Å²) in [5.41, 5.74) is 2.08. The number of ether oxygens (including phenoxy) is 2. The van der Waals surface area contributed by atoms with E-state index in [1.165, 1.54) is 0 Å². The van der Waals surface area contributed by atoms with Gasteiger partial charge in [-0.15, -0.1) is 0 Å². The van der Waals surface area contributed by atoms with Gasteiger partial charge in [0.1, 0.15) is 0 Å². The second-order valence-corrected chi connectivity index (χ2v) is 13.1. The summed E-state index contributed by atoms with van der Waals surface area (Å²) in [6.07, 6.45) is 0. The summed E-state index contributed by atoms with van der Waals surface area (Å²) < 4.78 is 28.2. The SMILES string of the molecule is O=P(c1ccccc1)(c1ccccc1)c1c2ccccc2c(-c2ccc3c(c2)Oc2ccccc2O3)c2ccccc12. The van der Waals surface area contributed by atoms with Crippen LogP contribution in [0.25, 0.3) is 32.7 Å². The molecule has 0 aliphatic carbocycles. The van der Waals surface area contributed by atoms with E-state index in [2.05, 4.69) is 42.5 Å². The van der Waals surface area contributed by atoms with Crippen LogP contribution in [0.3, 0.4) is 0 Å². The Kier molecular flexibility index (Phi) is 5.73. The van der Waals surface area contributed by atoms with Crippen molar-refractivity contribution >= 4 is 44.6 Å². The van der Waals surface area contributed by atoms with Crippen LogP contribution < -0.4 is 25.4 Å². The van der Waals surface area contributed by atoms with Crippen LogP contribution in [0.1, 0.15) is 0 Å². The Labute approximate surface area is 244 Å². The highest BCUT2D eigenvalue weighted by Gasteiger charge is 2.34. The molecular formula is C38H25O3P. The molecular weight excluding hydrogens is 535 g/mol. The third-order valence-corrected chi connectivity index (χ3v) is 11.1. The van der Waals surface area contributed by atoms with Gasteiger partial charge in [0, 0.05) is 15.9 Å². The van der Waals surface area contributed by atoms with Crippen molar-refractivity contribution in [1.29, 1.82) is 0 Å². The van der Waals surface area contributed by atoms with Crippen molar-refractivity contribution in [1.82, 2.24) is 0 Å². The van der Waals surface area contributed by atoms with E-state index in [4.69, 9.17) is 9.47 Å². The molecule has 42 heavy (non-hydrogen) atoms. The fraction of sp³-hybridized carbons (Fsp3) is 0. The van der Waals surface area contributed by atoms with Gasteiger partial charge in [0.25, 0.3) is 0 Å². The molecule has 0 radical (unpaired) electrons. The minimum atomic E-state index is -3.28. The first-order valence-corrected chi connectivity index (χ1v) is 15.7. The molecule has 0 saturated heterocycles. The van der Waals surface area contributed by atoms with Crippen LogP contribution in [0.15, 0.2) is 152 Å². The van der Waals surface area contributed by atoms with E-state index in [0.717, 1.165) is 48.6 Å². The quantitative estimate of drug-likeness (QED) is 0.159. The van der Waals surface area contributed by atoms with Gasteiger partial charge in [-0.2, -0.15) is 0 Å². The molecule has 1 aliphatic rings. The average molecular weight is 561 g/mol. The van der Waals surface area contributed by atoms with Gasteiger partial charge in [-0.05, 0) is 56.9 Å². The first-order chi connectivity index (χ1) is 20.7. The van der Waals surface area contributed by atoms with Crippen LogP contribution in [0.5, 0.6) is 23.0 Å². The number of benzene rings is 7. The summed E-state index contributed by atoms with van der Waals surface area (Å²) in [6, 6.07) is 50.2. The van der Waals surface area contributed by atoms with Crippen LogP contribution in [0.4, 0.5) is 0 Å². The number of rotatable bonds is 4. The van der Waals surface area contributed by atoms with Crippen LogP contribution in [0, 0.1) is 0 Å². The molecule has 0 bridgehead atoms. The third kappa shape index (κ3) is 3.79. The lowest BCUT2D eigenvalue weighted by atomic mass is 9.91. The highest BCUT2D eigenvalue weighted by Crippen LogP contribution is 2.51. The summed E-state index contributed by atoms with van der Waals surface area (Å²) >= 11 is 0. The van der Waals surface area contributed by atoms with Gasteiger partial charge < -0.3 is 14.0 Å². The molecule has 4 heteroatoms. The fourth-order valence-electron chi connectivity index (χ4n) is 6.12. The predicted octanol–water partition coefficient (Wildman–Crippen LogP) is 9.20. The Morgan fingerprint density at radius 2 is 0.833 bits per heavy atom. The molecule has 8 rings (SSSR count). The largest absolute Gasteiger partial charge is 0.450 e. The highest BCUT2D eigenvalue weighted by molar-refractivity contribution is 7.86. The maximum Gasteiger partial charge on any atom is 0.172 e. The molecule has 0 atom stereocenters. The minimum absolute atomic E-state index is 0.669. The lowest BCUT2D eigenvalue weighted by Gasteiger charge is -2.26. The van der Waals surface area contributed by atoms with Crippen molar-refractivity contribution in [2.24, 2.45) is 0 Å². The van der Waals surface area contributed by atoms with Crippen LogP contribution in [0.2, 0.25) is 0 Å². The van der Waals surface area contributed by atoms with E-state index in [9.17, 15) is 0 Å². The number of fused-ring (bicyclic) bond motifs is 4. The number of hydrogen-bond donors (Lipinski definition) is 0. The number of hydrogen-bond acceptors (Lipinski definition) is 3. The zero-order valence-electron chi connectivity index (χ0n) is 22.6. The van der Waals surface area contributed by atoms with Crippen molar-refractivity contribution in [3.63, 3.8) is 0 Å². The van der Waals surface area contributed by atoms with Gasteiger partial charge in [-0.25, -0.2) is 0 Å². The Morgan fingerprint density at radius 3 is 1.38 bits per heavy atom. The molecule has 0 aromatic heterocycles. The summed E-state index contributed by atoms with van der Waals surface area (Å²) in [5.74, 6) is 2.75. The minimum Gasteiger partial charge on any atom is -0.450 e. The Bertz CT molecular complexity index is 2070. The first kappa shape index (κ1) is 24.7. The van der Waals surface area contributed by atoms with Gasteiger partial charge in [-0.3, -0.25) is 0 Å². The molecule has 0 spiro atoms. The average Bonchev–Trinajstić information content (AvgIpc) is 3.06. The topological polar surface area (TPSA) is 35.5 Å². The van der Waals surface area contributed by atoms with Crippen LogP contribution in [-0.2, 0) is 4.57 Å². The maximum atomic E-state index is 15.8. The molecule has 0 fully saturated rings. The predicted molar refractivity (Wildman–Crippen MR) is 173 cm³/mol. The van der Waals surface area contributed by atoms with E-state index < -0.39 is 7.14 Å². The monoisotopic (exact) mass is 560 g/mol. The Balaban J connectivity index is 1.44. The second kappa shape index (κ2) is 9.76. The molecule has 3 nitrogen and oxygen atoms in total. The molecule has 1 aliphatic heterocycles. The van der Waals surface area contributed by atoms with Gasteiger partial charge in [-0.1, -0.05) is 127 Å². The summed E-state index contributed by atoms with van der Waals surface area (Å²) in [5, 5.41) is 6.52. The number of para-hydroxylation sites is 2. The summed E-state index contributed by atoms with van der Waals surface area (Å²) in [6.45, 7) is 0. The van der Waals surface area contributed by atoms with Crippen molar-refractivity contribution in [2.75, 3.05) is 0 Å². The third-order valence-electron chi connectivity index (χ3n) is 7.98. The highest BCUT2D eigenvalue weighted by atomic mass is 31.2. The smallest absolute Gasteiger partial charge is 0.172 e. The summed E-state index contributed by atoms with van der Waals surface area (Å²) in [4.78, 5) is 0. The van der Waals surface area contributed by atoms with Crippen molar-refractivity contribution < 1.29 is 14.0 Å². The molecule has 200 valence electrons. The van der Waals surface area contributed by atoms with Crippen LogP contribution in [-0.4, -0.2) is 0 Å². The molecule has 1 heterocycles. The van der Waals surface area contributed by atoms with Gasteiger partial charge in [0.15, 0.2) is 30.1 Å². The zero-order chi connectivity index (χ0) is 28.1. The van der Waals surface area contributed by atoms with E-state index in [0.29, 0.717) is 23.0 Å². The van der Waals surface area contributed by atoms with Crippen LogP contribution >= 0.6 is 7.14 Å². The van der Waals surface area contributed by atoms with Crippen molar-refractivity contribution in [2.45, 2.75) is 0 Å². The molecule has 0 unspecified atom stereocenters. The fourth-order valence-corrected chi connectivity index (χ4v) is 9.19. The molecule has 7 aromatic carbocycles. The molecule has 7 aromatic rings. The lowest BCUT2D eigenvalue weighted by molar-refractivity contribution is 0.360.